The van der Waals surface area contributed by atoms with E-state index in [1.165, 1.54) is 0 Å². The predicted octanol–water partition coefficient (Wildman–Crippen LogP) is 1.73. The number of anilines is 1. The molecule has 3 N–H and O–H groups in total. The van der Waals surface area contributed by atoms with Crippen molar-refractivity contribution in [3.05, 3.63) is 23.8 Å². The number of benzene rings is 1. The van der Waals surface area contributed by atoms with E-state index in [1.54, 1.807) is 0 Å². The average Bonchev–Trinajstić information content (AvgIpc) is 2.27. The van der Waals surface area contributed by atoms with Crippen molar-refractivity contribution in [1.29, 1.82) is 0 Å². The summed E-state index contributed by atoms with van der Waals surface area (Å²) >= 11 is 0. The maximum atomic E-state index is 5.81. The molecule has 0 bridgehead atoms. The van der Waals surface area contributed by atoms with Crippen LogP contribution in [0.2, 0.25) is 0 Å². The van der Waals surface area contributed by atoms with Gasteiger partial charge in [-0.2, -0.15) is 0 Å². The van der Waals surface area contributed by atoms with Gasteiger partial charge in [0.1, 0.15) is 11.9 Å². The molecule has 1 heterocycles. The zero-order valence-corrected chi connectivity index (χ0v) is 8.42. The van der Waals surface area contributed by atoms with Crippen LogP contribution in [0.5, 0.6) is 5.75 Å². The summed E-state index contributed by atoms with van der Waals surface area (Å²) in [5.74, 6) is 0.936. The summed E-state index contributed by atoms with van der Waals surface area (Å²) < 4.78 is 5.81. The smallest absolute Gasteiger partial charge is 0.143 e. The SMILES string of the molecule is CCC1CNc2ccc(CN)cc2O1. The maximum absolute atomic E-state index is 5.81. The van der Waals surface area contributed by atoms with Crippen LogP contribution in [-0.4, -0.2) is 12.6 Å². The van der Waals surface area contributed by atoms with Crippen LogP contribution in [0.25, 0.3) is 0 Å². The first-order valence-corrected chi connectivity index (χ1v) is 5.07. The van der Waals surface area contributed by atoms with Gasteiger partial charge in [-0.3, -0.25) is 0 Å². The second-order valence-corrected chi connectivity index (χ2v) is 3.56. The second kappa shape index (κ2) is 3.88. The molecule has 0 fully saturated rings. The minimum absolute atomic E-state index is 0.288. The molecule has 0 aromatic heterocycles. The first-order chi connectivity index (χ1) is 6.83. The summed E-state index contributed by atoms with van der Waals surface area (Å²) in [6.07, 6.45) is 1.31. The van der Waals surface area contributed by atoms with Crippen molar-refractivity contribution >= 4 is 5.69 Å². The lowest BCUT2D eigenvalue weighted by Gasteiger charge is -2.26. The van der Waals surface area contributed by atoms with Crippen molar-refractivity contribution in [2.75, 3.05) is 11.9 Å². The van der Waals surface area contributed by atoms with Gasteiger partial charge in [-0.25, -0.2) is 0 Å². The predicted molar refractivity (Wildman–Crippen MR) is 57.5 cm³/mol. The Balaban J connectivity index is 2.25. The van der Waals surface area contributed by atoms with Crippen LogP contribution < -0.4 is 15.8 Å². The fourth-order valence-electron chi connectivity index (χ4n) is 1.61. The highest BCUT2D eigenvalue weighted by atomic mass is 16.5. The van der Waals surface area contributed by atoms with E-state index >= 15 is 0 Å². The molecular formula is C11H16N2O. The highest BCUT2D eigenvalue weighted by molar-refractivity contribution is 5.59. The largest absolute Gasteiger partial charge is 0.486 e. The Bertz CT molecular complexity index is 325. The van der Waals surface area contributed by atoms with E-state index in [1.807, 2.05) is 18.2 Å². The van der Waals surface area contributed by atoms with Crippen molar-refractivity contribution in [1.82, 2.24) is 0 Å². The van der Waals surface area contributed by atoms with Crippen molar-refractivity contribution in [2.24, 2.45) is 5.73 Å². The fraction of sp³-hybridized carbons (Fsp3) is 0.455. The zero-order chi connectivity index (χ0) is 9.97. The standard InChI is InChI=1S/C11H16N2O/c1-2-9-7-13-10-4-3-8(6-12)5-11(10)14-9/h3-5,9,13H,2,6-7,12H2,1H3. The van der Waals surface area contributed by atoms with Gasteiger partial charge >= 0.3 is 0 Å². The van der Waals surface area contributed by atoms with Gasteiger partial charge in [0.25, 0.3) is 0 Å². The quantitative estimate of drug-likeness (QED) is 0.750. The van der Waals surface area contributed by atoms with E-state index in [0.29, 0.717) is 6.54 Å². The molecule has 0 aliphatic carbocycles. The van der Waals surface area contributed by atoms with Crippen molar-refractivity contribution < 1.29 is 4.74 Å². The average molecular weight is 192 g/mol. The molecule has 1 unspecified atom stereocenters. The normalized spacial score (nSPS) is 19.4. The fourth-order valence-corrected chi connectivity index (χ4v) is 1.61. The van der Waals surface area contributed by atoms with E-state index in [0.717, 1.165) is 30.0 Å². The molecule has 0 amide bonds. The Morgan fingerprint density at radius 1 is 1.57 bits per heavy atom. The third-order valence-electron chi connectivity index (χ3n) is 2.55. The van der Waals surface area contributed by atoms with Gasteiger partial charge in [0.2, 0.25) is 0 Å². The monoisotopic (exact) mass is 192 g/mol. The Hall–Kier alpha value is -1.22. The number of nitrogens with two attached hydrogens (primary N) is 1. The second-order valence-electron chi connectivity index (χ2n) is 3.56. The maximum Gasteiger partial charge on any atom is 0.143 e. The third-order valence-corrected chi connectivity index (χ3v) is 2.55. The van der Waals surface area contributed by atoms with Crippen molar-refractivity contribution in [2.45, 2.75) is 26.0 Å². The van der Waals surface area contributed by atoms with Crippen LogP contribution in [0.15, 0.2) is 18.2 Å². The van der Waals surface area contributed by atoms with E-state index in [4.69, 9.17) is 10.5 Å². The Labute approximate surface area is 84.3 Å². The molecule has 0 spiro atoms. The lowest BCUT2D eigenvalue weighted by molar-refractivity contribution is 0.201. The molecule has 1 aliphatic heterocycles. The molecule has 1 atom stereocenters. The molecule has 1 aliphatic rings. The number of rotatable bonds is 2. The van der Waals surface area contributed by atoms with Crippen molar-refractivity contribution in [3.8, 4) is 5.75 Å². The van der Waals surface area contributed by atoms with Gasteiger partial charge in [-0.15, -0.1) is 0 Å². The van der Waals surface area contributed by atoms with E-state index in [9.17, 15) is 0 Å². The zero-order valence-electron chi connectivity index (χ0n) is 8.42. The van der Waals surface area contributed by atoms with Gasteiger partial charge in [0, 0.05) is 6.54 Å². The Morgan fingerprint density at radius 2 is 2.43 bits per heavy atom. The van der Waals surface area contributed by atoms with E-state index in [2.05, 4.69) is 12.2 Å². The van der Waals surface area contributed by atoms with Crippen LogP contribution >= 0.6 is 0 Å². The van der Waals surface area contributed by atoms with Crippen LogP contribution in [0.4, 0.5) is 5.69 Å². The van der Waals surface area contributed by atoms with Gasteiger partial charge in [0.15, 0.2) is 0 Å². The molecule has 2 rings (SSSR count). The first kappa shape index (κ1) is 9.34. The number of ether oxygens (including phenoxy) is 1. The van der Waals surface area contributed by atoms with Gasteiger partial charge < -0.3 is 15.8 Å². The summed E-state index contributed by atoms with van der Waals surface area (Å²) in [5, 5.41) is 3.35. The number of fused-ring (bicyclic) bond motifs is 1. The summed E-state index contributed by atoms with van der Waals surface area (Å²) in [5.41, 5.74) is 7.76. The van der Waals surface area contributed by atoms with Crippen molar-refractivity contribution in [3.63, 3.8) is 0 Å². The summed E-state index contributed by atoms with van der Waals surface area (Å²) in [6, 6.07) is 6.08. The Morgan fingerprint density at radius 3 is 3.14 bits per heavy atom. The summed E-state index contributed by atoms with van der Waals surface area (Å²) in [4.78, 5) is 0. The molecule has 0 saturated carbocycles. The molecule has 1 aromatic carbocycles. The topological polar surface area (TPSA) is 47.3 Å². The molecule has 1 aromatic rings. The molecule has 3 heteroatoms. The van der Waals surface area contributed by atoms with Gasteiger partial charge in [-0.05, 0) is 24.1 Å². The number of nitrogens with one attached hydrogen (secondary N) is 1. The van der Waals surface area contributed by atoms with Gasteiger partial charge in [-0.1, -0.05) is 13.0 Å². The van der Waals surface area contributed by atoms with Crippen LogP contribution in [0, 0.1) is 0 Å². The highest BCUT2D eigenvalue weighted by Gasteiger charge is 2.17. The van der Waals surface area contributed by atoms with Crippen LogP contribution in [-0.2, 0) is 6.54 Å². The molecule has 14 heavy (non-hydrogen) atoms. The molecule has 3 nitrogen and oxygen atoms in total. The minimum atomic E-state index is 0.288. The van der Waals surface area contributed by atoms with Crippen LogP contribution in [0.1, 0.15) is 18.9 Å². The summed E-state index contributed by atoms with van der Waals surface area (Å²) in [6.45, 7) is 3.59. The molecule has 76 valence electrons. The molecule has 0 radical (unpaired) electrons. The van der Waals surface area contributed by atoms with E-state index < -0.39 is 0 Å². The highest BCUT2D eigenvalue weighted by Crippen LogP contribution is 2.30. The summed E-state index contributed by atoms with van der Waals surface area (Å²) in [7, 11) is 0. The lowest BCUT2D eigenvalue weighted by Crippen LogP contribution is -2.30. The lowest BCUT2D eigenvalue weighted by atomic mass is 10.1. The molecule has 0 saturated heterocycles. The van der Waals surface area contributed by atoms with Gasteiger partial charge in [0.05, 0.1) is 12.2 Å². The van der Waals surface area contributed by atoms with E-state index in [-0.39, 0.29) is 6.10 Å². The molecular weight excluding hydrogens is 176 g/mol. The number of hydrogen-bond donors (Lipinski definition) is 2. The first-order valence-electron chi connectivity index (χ1n) is 5.07. The third kappa shape index (κ3) is 1.68. The minimum Gasteiger partial charge on any atom is -0.486 e. The Kier molecular flexibility index (Phi) is 2.59. The number of hydrogen-bond acceptors (Lipinski definition) is 3. The van der Waals surface area contributed by atoms with Crippen LogP contribution in [0.3, 0.4) is 0 Å².